The molecule has 92 valence electrons. The second-order valence-electron chi connectivity index (χ2n) is 4.38. The summed E-state index contributed by atoms with van der Waals surface area (Å²) in [6.45, 7) is 1.47. The van der Waals surface area contributed by atoms with Crippen LogP contribution in [0.1, 0.15) is 12.0 Å². The molecule has 1 saturated carbocycles. The second kappa shape index (κ2) is 5.19. The predicted octanol–water partition coefficient (Wildman–Crippen LogP) is 1.51. The Kier molecular flexibility index (Phi) is 3.64. The van der Waals surface area contributed by atoms with Gasteiger partial charge < -0.3 is 15.2 Å². The lowest BCUT2D eigenvalue weighted by atomic mass is 10.2. The molecule has 0 saturated heterocycles. The zero-order valence-electron chi connectivity index (χ0n) is 9.85. The monoisotopic (exact) mass is 235 g/mol. The Labute approximate surface area is 101 Å². The summed E-state index contributed by atoms with van der Waals surface area (Å²) in [5.74, 6) is 0.349. The zero-order chi connectivity index (χ0) is 12.3. The molecule has 4 nitrogen and oxygen atoms in total. The van der Waals surface area contributed by atoms with E-state index in [9.17, 15) is 4.79 Å². The molecule has 17 heavy (non-hydrogen) atoms. The molecule has 1 aliphatic carbocycles. The van der Waals surface area contributed by atoms with E-state index >= 15 is 0 Å². The molecule has 0 bridgehead atoms. The third-order valence-electron chi connectivity index (χ3n) is 3.15. The van der Waals surface area contributed by atoms with Crippen LogP contribution in [-0.2, 0) is 11.3 Å². The molecule has 1 fully saturated rings. The SMILES string of the molecule is COc1ccccc1CNCC1CC1C(=O)O. The predicted molar refractivity (Wildman–Crippen MR) is 63.9 cm³/mol. The Balaban J connectivity index is 1.77. The number of methoxy groups -OCH3 is 1. The third-order valence-corrected chi connectivity index (χ3v) is 3.15. The fraction of sp³-hybridized carbons (Fsp3) is 0.462. The van der Waals surface area contributed by atoms with E-state index in [0.717, 1.165) is 24.3 Å². The number of para-hydroxylation sites is 1. The van der Waals surface area contributed by atoms with E-state index < -0.39 is 5.97 Å². The number of carbonyl (C=O) groups is 1. The van der Waals surface area contributed by atoms with Crippen LogP contribution in [0.25, 0.3) is 0 Å². The Hall–Kier alpha value is -1.55. The van der Waals surface area contributed by atoms with Crippen LogP contribution >= 0.6 is 0 Å². The van der Waals surface area contributed by atoms with E-state index in [4.69, 9.17) is 9.84 Å². The number of carboxylic acid groups (broad SMARTS) is 1. The molecule has 0 aliphatic heterocycles. The first-order valence-corrected chi connectivity index (χ1v) is 5.77. The van der Waals surface area contributed by atoms with Crippen LogP contribution < -0.4 is 10.1 Å². The fourth-order valence-corrected chi connectivity index (χ4v) is 2.02. The van der Waals surface area contributed by atoms with Gasteiger partial charge in [-0.3, -0.25) is 4.79 Å². The summed E-state index contributed by atoms with van der Waals surface area (Å²) in [7, 11) is 1.65. The summed E-state index contributed by atoms with van der Waals surface area (Å²) in [6.07, 6.45) is 0.800. The van der Waals surface area contributed by atoms with Gasteiger partial charge in [0.05, 0.1) is 13.0 Å². The van der Waals surface area contributed by atoms with Crippen LogP contribution in [0.15, 0.2) is 24.3 Å². The molecule has 2 atom stereocenters. The number of carboxylic acids is 1. The van der Waals surface area contributed by atoms with E-state index in [1.165, 1.54) is 0 Å². The summed E-state index contributed by atoms with van der Waals surface area (Å²) < 4.78 is 5.24. The first-order valence-electron chi connectivity index (χ1n) is 5.77. The molecule has 0 heterocycles. The van der Waals surface area contributed by atoms with Gasteiger partial charge in [0.2, 0.25) is 0 Å². The molecule has 1 aromatic rings. The van der Waals surface area contributed by atoms with Crippen molar-refractivity contribution in [3.8, 4) is 5.75 Å². The summed E-state index contributed by atoms with van der Waals surface area (Å²) in [5, 5.41) is 12.1. The lowest BCUT2D eigenvalue weighted by molar-refractivity contribution is -0.138. The molecule has 0 spiro atoms. The normalized spacial score (nSPS) is 22.2. The smallest absolute Gasteiger partial charge is 0.306 e. The molecule has 4 heteroatoms. The first-order chi connectivity index (χ1) is 8.22. The van der Waals surface area contributed by atoms with E-state index in [0.29, 0.717) is 12.5 Å². The summed E-state index contributed by atoms with van der Waals surface area (Å²) in [5.41, 5.74) is 1.10. The summed E-state index contributed by atoms with van der Waals surface area (Å²) >= 11 is 0. The van der Waals surface area contributed by atoms with Gasteiger partial charge in [-0.25, -0.2) is 0 Å². The molecular weight excluding hydrogens is 218 g/mol. The van der Waals surface area contributed by atoms with Crippen molar-refractivity contribution >= 4 is 5.97 Å². The van der Waals surface area contributed by atoms with Gasteiger partial charge in [-0.2, -0.15) is 0 Å². The highest BCUT2D eigenvalue weighted by molar-refractivity contribution is 5.73. The van der Waals surface area contributed by atoms with Gasteiger partial charge in [0.1, 0.15) is 5.75 Å². The highest BCUT2D eigenvalue weighted by atomic mass is 16.5. The van der Waals surface area contributed by atoms with E-state index in [-0.39, 0.29) is 5.92 Å². The molecule has 0 aromatic heterocycles. The molecular formula is C13H17NO3. The lowest BCUT2D eigenvalue weighted by Crippen LogP contribution is -2.18. The van der Waals surface area contributed by atoms with E-state index in [2.05, 4.69) is 5.32 Å². The van der Waals surface area contributed by atoms with Gasteiger partial charge in [-0.1, -0.05) is 18.2 Å². The third kappa shape index (κ3) is 2.97. The minimum atomic E-state index is -0.672. The van der Waals surface area contributed by atoms with E-state index in [1.54, 1.807) is 7.11 Å². The minimum Gasteiger partial charge on any atom is -0.496 e. The van der Waals surface area contributed by atoms with Crippen molar-refractivity contribution in [2.24, 2.45) is 11.8 Å². The van der Waals surface area contributed by atoms with Crippen LogP contribution in [0.2, 0.25) is 0 Å². The van der Waals surface area contributed by atoms with Crippen LogP contribution in [-0.4, -0.2) is 24.7 Å². The highest BCUT2D eigenvalue weighted by Crippen LogP contribution is 2.37. The Morgan fingerprint density at radius 1 is 1.53 bits per heavy atom. The Morgan fingerprint density at radius 3 is 2.94 bits per heavy atom. The summed E-state index contributed by atoms with van der Waals surface area (Å²) in [6, 6.07) is 7.84. The van der Waals surface area contributed by atoms with Gasteiger partial charge in [0.25, 0.3) is 0 Å². The van der Waals surface area contributed by atoms with Crippen LogP contribution in [0.4, 0.5) is 0 Å². The summed E-state index contributed by atoms with van der Waals surface area (Å²) in [4.78, 5) is 10.7. The molecule has 0 amide bonds. The average molecular weight is 235 g/mol. The number of aliphatic carboxylic acids is 1. The Bertz CT molecular complexity index is 405. The molecule has 2 rings (SSSR count). The quantitative estimate of drug-likeness (QED) is 0.784. The number of ether oxygens (including phenoxy) is 1. The van der Waals surface area contributed by atoms with Gasteiger partial charge in [-0.05, 0) is 24.9 Å². The molecule has 2 unspecified atom stereocenters. The van der Waals surface area contributed by atoms with Crippen molar-refractivity contribution < 1.29 is 14.6 Å². The molecule has 0 radical (unpaired) electrons. The standard InChI is InChI=1S/C13H17NO3/c1-17-12-5-3-2-4-9(12)7-14-8-10-6-11(10)13(15)16/h2-5,10-11,14H,6-8H2,1H3,(H,15,16). The van der Waals surface area contributed by atoms with E-state index in [1.807, 2.05) is 24.3 Å². The minimum absolute atomic E-state index is 0.139. The van der Waals surface area contributed by atoms with Gasteiger partial charge in [-0.15, -0.1) is 0 Å². The first kappa shape index (κ1) is 11.9. The topological polar surface area (TPSA) is 58.6 Å². The second-order valence-corrected chi connectivity index (χ2v) is 4.38. The number of nitrogens with one attached hydrogen (secondary N) is 1. The number of benzene rings is 1. The number of hydrogen-bond donors (Lipinski definition) is 2. The maximum absolute atomic E-state index is 10.7. The van der Waals surface area contributed by atoms with Crippen molar-refractivity contribution in [2.75, 3.05) is 13.7 Å². The molecule has 1 aromatic carbocycles. The van der Waals surface area contributed by atoms with Crippen LogP contribution in [0, 0.1) is 11.8 Å². The van der Waals surface area contributed by atoms with Gasteiger partial charge in [0.15, 0.2) is 0 Å². The largest absolute Gasteiger partial charge is 0.496 e. The fourth-order valence-electron chi connectivity index (χ4n) is 2.02. The highest BCUT2D eigenvalue weighted by Gasteiger charge is 2.42. The number of rotatable bonds is 6. The van der Waals surface area contributed by atoms with Gasteiger partial charge >= 0.3 is 5.97 Å². The van der Waals surface area contributed by atoms with Crippen molar-refractivity contribution in [3.63, 3.8) is 0 Å². The maximum Gasteiger partial charge on any atom is 0.306 e. The molecule has 2 N–H and O–H groups in total. The Morgan fingerprint density at radius 2 is 2.29 bits per heavy atom. The zero-order valence-corrected chi connectivity index (χ0v) is 9.85. The molecule has 1 aliphatic rings. The van der Waals surface area contributed by atoms with Gasteiger partial charge in [0, 0.05) is 12.1 Å². The van der Waals surface area contributed by atoms with Crippen molar-refractivity contribution in [1.29, 1.82) is 0 Å². The van der Waals surface area contributed by atoms with Crippen molar-refractivity contribution in [3.05, 3.63) is 29.8 Å². The average Bonchev–Trinajstić information content (AvgIpc) is 3.09. The van der Waals surface area contributed by atoms with Crippen LogP contribution in [0.3, 0.4) is 0 Å². The van der Waals surface area contributed by atoms with Crippen molar-refractivity contribution in [2.45, 2.75) is 13.0 Å². The lowest BCUT2D eigenvalue weighted by Gasteiger charge is -2.08. The maximum atomic E-state index is 10.7. The number of hydrogen-bond acceptors (Lipinski definition) is 3. The van der Waals surface area contributed by atoms with Crippen molar-refractivity contribution in [1.82, 2.24) is 5.32 Å². The van der Waals surface area contributed by atoms with Crippen LogP contribution in [0.5, 0.6) is 5.75 Å².